The molecule has 3 heterocycles. The van der Waals surface area contributed by atoms with Crippen molar-refractivity contribution in [3.05, 3.63) is 24.2 Å². The van der Waals surface area contributed by atoms with Crippen LogP contribution in [0.5, 0.6) is 11.9 Å². The van der Waals surface area contributed by atoms with Gasteiger partial charge < -0.3 is 20.3 Å². The van der Waals surface area contributed by atoms with Gasteiger partial charge in [-0.2, -0.15) is 9.97 Å². The molecule has 0 aliphatic rings. The fourth-order valence-electron chi connectivity index (χ4n) is 2.58. The highest BCUT2D eigenvalue weighted by molar-refractivity contribution is 5.84. The van der Waals surface area contributed by atoms with Crippen molar-refractivity contribution in [1.29, 1.82) is 0 Å². The highest BCUT2D eigenvalue weighted by Crippen LogP contribution is 2.25. The van der Waals surface area contributed by atoms with E-state index in [2.05, 4.69) is 26.9 Å². The van der Waals surface area contributed by atoms with E-state index in [4.69, 9.17) is 20.3 Å². The number of aromatic nitrogens is 5. The van der Waals surface area contributed by atoms with Crippen molar-refractivity contribution in [2.24, 2.45) is 0 Å². The average molecular weight is 372 g/mol. The summed E-state index contributed by atoms with van der Waals surface area (Å²) >= 11 is 0. The third kappa shape index (κ3) is 4.25. The summed E-state index contributed by atoms with van der Waals surface area (Å²) in [6.07, 6.45) is 4.18. The van der Waals surface area contributed by atoms with Crippen LogP contribution in [0.1, 0.15) is 32.0 Å². The van der Waals surface area contributed by atoms with E-state index in [1.165, 1.54) is 0 Å². The zero-order chi connectivity index (χ0) is 19.2. The fourth-order valence-corrected chi connectivity index (χ4v) is 2.58. The maximum atomic E-state index is 8.81. The molecule has 144 valence electrons. The van der Waals surface area contributed by atoms with Crippen LogP contribution in [0, 0.1) is 6.92 Å². The van der Waals surface area contributed by atoms with Crippen molar-refractivity contribution in [3.63, 3.8) is 0 Å². The van der Waals surface area contributed by atoms with Crippen molar-refractivity contribution in [2.75, 3.05) is 25.6 Å². The molecule has 0 amide bonds. The van der Waals surface area contributed by atoms with E-state index in [0.29, 0.717) is 42.5 Å². The lowest BCUT2D eigenvalue weighted by Crippen LogP contribution is -2.06. The van der Waals surface area contributed by atoms with Gasteiger partial charge in [-0.05, 0) is 19.4 Å². The quantitative estimate of drug-likeness (QED) is 0.547. The van der Waals surface area contributed by atoms with Crippen LogP contribution >= 0.6 is 0 Å². The summed E-state index contributed by atoms with van der Waals surface area (Å²) in [5.74, 6) is 1.49. The molecule has 3 aromatic rings. The molecular formula is C18H24N6O3. The van der Waals surface area contributed by atoms with E-state index in [-0.39, 0.29) is 18.4 Å². The predicted octanol–water partition coefficient (Wildman–Crippen LogP) is 2.04. The molecule has 0 saturated carbocycles. The SMILES string of the molecule is CCCCOc1nc(N)c2nc(C)n(-c3ccc(OCCCO)nc3)c2n1. The Morgan fingerprint density at radius 2 is 1.93 bits per heavy atom. The minimum atomic E-state index is 0.0854. The number of imidazole rings is 1. The molecule has 0 aromatic carbocycles. The molecule has 0 saturated heterocycles. The lowest BCUT2D eigenvalue weighted by atomic mass is 10.4. The molecule has 3 rings (SSSR count). The normalized spacial score (nSPS) is 11.1. The first-order valence-corrected chi connectivity index (χ1v) is 8.99. The number of hydrogen-bond donors (Lipinski definition) is 2. The van der Waals surface area contributed by atoms with E-state index in [0.717, 1.165) is 18.5 Å². The number of nitrogens with zero attached hydrogens (tertiary/aromatic N) is 5. The molecule has 0 bridgehead atoms. The maximum absolute atomic E-state index is 8.81. The van der Waals surface area contributed by atoms with E-state index < -0.39 is 0 Å². The Morgan fingerprint density at radius 1 is 1.11 bits per heavy atom. The lowest BCUT2D eigenvalue weighted by Gasteiger charge is -2.09. The van der Waals surface area contributed by atoms with Crippen LogP contribution in [0.2, 0.25) is 0 Å². The van der Waals surface area contributed by atoms with Gasteiger partial charge in [-0.15, -0.1) is 0 Å². The van der Waals surface area contributed by atoms with Gasteiger partial charge in [-0.3, -0.25) is 4.57 Å². The third-order valence-corrected chi connectivity index (χ3v) is 3.94. The Labute approximate surface area is 157 Å². The number of fused-ring (bicyclic) bond motifs is 1. The Bertz CT molecular complexity index is 894. The lowest BCUT2D eigenvalue weighted by molar-refractivity contribution is 0.229. The second-order valence-electron chi connectivity index (χ2n) is 6.04. The zero-order valence-electron chi connectivity index (χ0n) is 15.6. The van der Waals surface area contributed by atoms with Gasteiger partial charge >= 0.3 is 6.01 Å². The molecule has 0 spiro atoms. The maximum Gasteiger partial charge on any atom is 0.320 e. The molecular weight excluding hydrogens is 348 g/mol. The summed E-state index contributed by atoms with van der Waals surface area (Å²) in [5.41, 5.74) is 7.93. The molecule has 0 aliphatic heterocycles. The first kappa shape index (κ1) is 18.8. The smallest absolute Gasteiger partial charge is 0.320 e. The van der Waals surface area contributed by atoms with Gasteiger partial charge in [-0.25, -0.2) is 9.97 Å². The van der Waals surface area contributed by atoms with Crippen LogP contribution in [0.15, 0.2) is 18.3 Å². The van der Waals surface area contributed by atoms with Crippen LogP contribution in [0.3, 0.4) is 0 Å². The van der Waals surface area contributed by atoms with E-state index >= 15 is 0 Å². The standard InChI is InChI=1S/C18H24N6O3/c1-3-4-9-27-18-22-16(19)15-17(23-18)24(12(2)21-15)13-6-7-14(20-11-13)26-10-5-8-25/h6-7,11,25H,3-5,8-10H2,1-2H3,(H2,19,22,23). The van der Waals surface area contributed by atoms with Gasteiger partial charge in [0.1, 0.15) is 5.82 Å². The van der Waals surface area contributed by atoms with Gasteiger partial charge in [-0.1, -0.05) is 13.3 Å². The highest BCUT2D eigenvalue weighted by Gasteiger charge is 2.16. The number of pyridine rings is 1. The first-order valence-electron chi connectivity index (χ1n) is 8.99. The summed E-state index contributed by atoms with van der Waals surface area (Å²) in [5, 5.41) is 8.81. The van der Waals surface area contributed by atoms with Crippen LogP contribution in [0.4, 0.5) is 5.82 Å². The minimum Gasteiger partial charge on any atom is -0.478 e. The highest BCUT2D eigenvalue weighted by atomic mass is 16.5. The van der Waals surface area contributed by atoms with Crippen molar-refractivity contribution >= 4 is 17.0 Å². The topological polar surface area (TPSA) is 121 Å². The third-order valence-electron chi connectivity index (χ3n) is 3.94. The zero-order valence-corrected chi connectivity index (χ0v) is 15.6. The van der Waals surface area contributed by atoms with Crippen molar-refractivity contribution in [2.45, 2.75) is 33.1 Å². The van der Waals surface area contributed by atoms with E-state index in [1.807, 2.05) is 17.6 Å². The van der Waals surface area contributed by atoms with Crippen molar-refractivity contribution in [3.8, 4) is 17.6 Å². The summed E-state index contributed by atoms with van der Waals surface area (Å²) in [4.78, 5) is 17.5. The average Bonchev–Trinajstić information content (AvgIpc) is 2.99. The van der Waals surface area contributed by atoms with Gasteiger partial charge in [0.2, 0.25) is 5.88 Å². The Morgan fingerprint density at radius 3 is 2.63 bits per heavy atom. The molecule has 0 atom stereocenters. The fraction of sp³-hybridized carbons (Fsp3) is 0.444. The second kappa shape index (κ2) is 8.63. The van der Waals surface area contributed by atoms with E-state index in [1.54, 1.807) is 12.3 Å². The van der Waals surface area contributed by atoms with Crippen LogP contribution in [-0.2, 0) is 0 Å². The summed E-state index contributed by atoms with van der Waals surface area (Å²) in [7, 11) is 0. The number of nitrogen functional groups attached to an aromatic ring is 1. The number of ether oxygens (including phenoxy) is 2. The molecule has 9 heteroatoms. The number of hydrogen-bond acceptors (Lipinski definition) is 8. The largest absolute Gasteiger partial charge is 0.478 e. The number of anilines is 1. The number of unbranched alkanes of at least 4 members (excludes halogenated alkanes) is 1. The Balaban J connectivity index is 1.92. The van der Waals surface area contributed by atoms with Crippen LogP contribution in [0.25, 0.3) is 16.9 Å². The Kier molecular flexibility index (Phi) is 6.02. The second-order valence-corrected chi connectivity index (χ2v) is 6.04. The number of aliphatic hydroxyl groups is 1. The van der Waals surface area contributed by atoms with Gasteiger partial charge in [0.25, 0.3) is 0 Å². The molecule has 0 unspecified atom stereocenters. The summed E-state index contributed by atoms with van der Waals surface area (Å²) in [6.45, 7) is 4.99. The molecule has 27 heavy (non-hydrogen) atoms. The van der Waals surface area contributed by atoms with Crippen molar-refractivity contribution in [1.82, 2.24) is 24.5 Å². The Hall–Kier alpha value is -2.94. The number of aliphatic hydroxyl groups excluding tert-OH is 1. The molecule has 0 aliphatic carbocycles. The molecule has 3 N–H and O–H groups in total. The molecule has 9 nitrogen and oxygen atoms in total. The van der Waals surface area contributed by atoms with Gasteiger partial charge in [0.05, 0.1) is 25.1 Å². The summed E-state index contributed by atoms with van der Waals surface area (Å²) in [6, 6.07) is 3.87. The van der Waals surface area contributed by atoms with Crippen LogP contribution in [-0.4, -0.2) is 49.4 Å². The number of aryl methyl sites for hydroxylation is 1. The van der Waals surface area contributed by atoms with Crippen molar-refractivity contribution < 1.29 is 14.6 Å². The first-order chi connectivity index (χ1) is 13.1. The summed E-state index contributed by atoms with van der Waals surface area (Å²) < 4.78 is 12.9. The molecule has 0 radical (unpaired) electrons. The minimum absolute atomic E-state index is 0.0854. The number of rotatable bonds is 9. The van der Waals surface area contributed by atoms with Crippen LogP contribution < -0.4 is 15.2 Å². The molecule has 0 fully saturated rings. The number of nitrogens with two attached hydrogens (primary N) is 1. The predicted molar refractivity (Wildman–Crippen MR) is 101 cm³/mol. The van der Waals surface area contributed by atoms with Gasteiger partial charge in [0.15, 0.2) is 17.0 Å². The molecule has 3 aromatic heterocycles. The van der Waals surface area contributed by atoms with E-state index in [9.17, 15) is 0 Å². The van der Waals surface area contributed by atoms with Gasteiger partial charge in [0, 0.05) is 19.1 Å². The monoisotopic (exact) mass is 372 g/mol.